The highest BCUT2D eigenvalue weighted by Crippen LogP contribution is 2.29. The average molecular weight is 245 g/mol. The van der Waals surface area contributed by atoms with Crippen LogP contribution in [0.15, 0.2) is 30.3 Å². The number of hydrogen-bond acceptors (Lipinski definition) is 4. The monoisotopic (exact) mass is 245 g/mol. The molecule has 4 heteroatoms. The second-order valence-electron chi connectivity index (χ2n) is 4.84. The molecule has 1 unspecified atom stereocenters. The number of carbonyl (C=O) groups excluding carboxylic acids is 2. The number of Topliss-reactive ketones (excluding diaryl/α,β-unsaturated/α-hetero) is 1. The van der Waals surface area contributed by atoms with Gasteiger partial charge in [-0.15, -0.1) is 0 Å². The summed E-state index contributed by atoms with van der Waals surface area (Å²) in [5, 5.41) is 0. The van der Waals surface area contributed by atoms with E-state index in [0.717, 1.165) is 25.9 Å². The molecule has 4 rings (SSSR count). The van der Waals surface area contributed by atoms with Crippen molar-refractivity contribution in [2.75, 3.05) is 13.1 Å². The Kier molecular flexibility index (Phi) is 2.88. The van der Waals surface area contributed by atoms with Gasteiger partial charge < -0.3 is 4.74 Å². The summed E-state index contributed by atoms with van der Waals surface area (Å²) in [7, 11) is 0. The number of hydrogen-bond donors (Lipinski definition) is 0. The Morgan fingerprint density at radius 1 is 1.17 bits per heavy atom. The Balaban J connectivity index is 1.73. The van der Waals surface area contributed by atoms with Crippen LogP contribution < -0.4 is 0 Å². The van der Waals surface area contributed by atoms with Crippen molar-refractivity contribution in [2.45, 2.75) is 19.1 Å². The number of rotatable bonds is 2. The van der Waals surface area contributed by atoms with Crippen LogP contribution in [0.5, 0.6) is 0 Å². The number of benzene rings is 1. The van der Waals surface area contributed by atoms with Gasteiger partial charge in [0, 0.05) is 19.0 Å². The van der Waals surface area contributed by atoms with E-state index in [2.05, 4.69) is 0 Å². The van der Waals surface area contributed by atoms with E-state index in [1.54, 1.807) is 24.3 Å². The van der Waals surface area contributed by atoms with E-state index < -0.39 is 12.2 Å². The lowest BCUT2D eigenvalue weighted by molar-refractivity contribution is -0.156. The molecule has 94 valence electrons. The molecule has 0 aromatic heterocycles. The van der Waals surface area contributed by atoms with Crippen LogP contribution >= 0.6 is 0 Å². The zero-order valence-electron chi connectivity index (χ0n) is 10.0. The number of fused-ring (bicyclic) bond motifs is 3. The van der Waals surface area contributed by atoms with E-state index in [1.807, 2.05) is 11.0 Å². The molecule has 18 heavy (non-hydrogen) atoms. The zero-order valence-corrected chi connectivity index (χ0v) is 10.0. The summed E-state index contributed by atoms with van der Waals surface area (Å²) in [6, 6.07) is 8.80. The molecule has 0 saturated carbocycles. The average Bonchev–Trinajstić information content (AvgIpc) is 2.44. The Hall–Kier alpha value is -1.68. The van der Waals surface area contributed by atoms with E-state index in [0.29, 0.717) is 5.56 Å². The fourth-order valence-corrected chi connectivity index (χ4v) is 2.68. The lowest BCUT2D eigenvalue weighted by Crippen LogP contribution is -2.57. The molecule has 1 aromatic carbocycles. The van der Waals surface area contributed by atoms with Crippen LogP contribution in [0.4, 0.5) is 0 Å². The highest BCUT2D eigenvalue weighted by Gasteiger charge is 2.43. The third kappa shape index (κ3) is 1.93. The number of esters is 1. The summed E-state index contributed by atoms with van der Waals surface area (Å²) in [6.45, 7) is 1.70. The van der Waals surface area contributed by atoms with Crippen molar-refractivity contribution in [3.63, 3.8) is 0 Å². The van der Waals surface area contributed by atoms with Crippen LogP contribution in [0.1, 0.15) is 23.2 Å². The Labute approximate surface area is 106 Å². The van der Waals surface area contributed by atoms with E-state index in [9.17, 15) is 9.59 Å². The summed E-state index contributed by atoms with van der Waals surface area (Å²) in [5.41, 5.74) is 0.493. The first-order valence-corrected chi connectivity index (χ1v) is 6.29. The predicted octanol–water partition coefficient (Wildman–Crippen LogP) is 1.46. The topological polar surface area (TPSA) is 46.6 Å². The van der Waals surface area contributed by atoms with Crippen LogP contribution in [-0.4, -0.2) is 36.0 Å². The third-order valence-corrected chi connectivity index (χ3v) is 3.74. The molecular weight excluding hydrogens is 230 g/mol. The van der Waals surface area contributed by atoms with Crippen molar-refractivity contribution >= 4 is 11.8 Å². The van der Waals surface area contributed by atoms with Gasteiger partial charge in [0.1, 0.15) is 0 Å². The third-order valence-electron chi connectivity index (χ3n) is 3.74. The number of piperidine rings is 3. The molecule has 1 atom stereocenters. The normalized spacial score (nSPS) is 30.2. The van der Waals surface area contributed by atoms with Gasteiger partial charge in [0.2, 0.25) is 6.23 Å². The molecule has 0 radical (unpaired) electrons. The molecule has 3 fully saturated rings. The maximum Gasteiger partial charge on any atom is 0.340 e. The number of nitrogens with zero attached hydrogens (tertiary/aromatic N) is 1. The van der Waals surface area contributed by atoms with Crippen LogP contribution in [-0.2, 0) is 9.53 Å². The van der Waals surface area contributed by atoms with Gasteiger partial charge in [-0.2, -0.15) is 0 Å². The second kappa shape index (κ2) is 4.53. The maximum absolute atomic E-state index is 12.0. The van der Waals surface area contributed by atoms with Crippen LogP contribution in [0.25, 0.3) is 0 Å². The molecular formula is C14H15NO3. The van der Waals surface area contributed by atoms with Gasteiger partial charge >= 0.3 is 5.97 Å². The number of ketones is 1. The van der Waals surface area contributed by atoms with Gasteiger partial charge in [-0.1, -0.05) is 18.2 Å². The Bertz CT molecular complexity index is 463. The summed E-state index contributed by atoms with van der Waals surface area (Å²) in [4.78, 5) is 25.9. The lowest BCUT2D eigenvalue weighted by Gasteiger charge is -2.42. The molecule has 0 amide bonds. The van der Waals surface area contributed by atoms with Crippen molar-refractivity contribution in [2.24, 2.45) is 5.92 Å². The van der Waals surface area contributed by atoms with Gasteiger partial charge in [-0.25, -0.2) is 4.79 Å². The molecule has 3 saturated heterocycles. The molecule has 2 bridgehead atoms. The SMILES string of the molecule is O=C(OC1C(=O)C2CCN1CC2)c1ccccc1. The van der Waals surface area contributed by atoms with E-state index in [-0.39, 0.29) is 11.7 Å². The van der Waals surface area contributed by atoms with Crippen molar-refractivity contribution in [1.29, 1.82) is 0 Å². The fourth-order valence-electron chi connectivity index (χ4n) is 2.68. The zero-order chi connectivity index (χ0) is 12.5. The minimum atomic E-state index is -0.662. The molecule has 1 aromatic rings. The molecule has 3 heterocycles. The Morgan fingerprint density at radius 2 is 1.83 bits per heavy atom. The van der Waals surface area contributed by atoms with Gasteiger partial charge in [0.25, 0.3) is 0 Å². The summed E-state index contributed by atoms with van der Waals surface area (Å²) in [6.07, 6.45) is 1.14. The van der Waals surface area contributed by atoms with E-state index in [1.165, 1.54) is 0 Å². The fraction of sp³-hybridized carbons (Fsp3) is 0.429. The smallest absolute Gasteiger partial charge is 0.340 e. The minimum absolute atomic E-state index is 0.0665. The summed E-state index contributed by atoms with van der Waals surface area (Å²) >= 11 is 0. The molecule has 3 aliphatic rings. The largest absolute Gasteiger partial charge is 0.435 e. The van der Waals surface area contributed by atoms with Crippen LogP contribution in [0, 0.1) is 5.92 Å². The molecule has 0 spiro atoms. The first-order chi connectivity index (χ1) is 8.75. The second-order valence-corrected chi connectivity index (χ2v) is 4.84. The van der Waals surface area contributed by atoms with E-state index >= 15 is 0 Å². The van der Waals surface area contributed by atoms with Gasteiger partial charge in [-0.3, -0.25) is 9.69 Å². The lowest BCUT2D eigenvalue weighted by atomic mass is 9.86. The van der Waals surface area contributed by atoms with Gasteiger partial charge in [-0.05, 0) is 25.0 Å². The summed E-state index contributed by atoms with van der Waals surface area (Å²) < 4.78 is 5.36. The minimum Gasteiger partial charge on any atom is -0.435 e. The quantitative estimate of drug-likeness (QED) is 0.740. The van der Waals surface area contributed by atoms with E-state index in [4.69, 9.17) is 4.74 Å². The maximum atomic E-state index is 12.0. The number of carbonyl (C=O) groups is 2. The highest BCUT2D eigenvalue weighted by atomic mass is 16.6. The standard InChI is InChI=1S/C14H15NO3/c16-12-10-6-8-15(9-7-10)13(12)18-14(17)11-4-2-1-3-5-11/h1-5,10,13H,6-9H2. The van der Waals surface area contributed by atoms with Crippen LogP contribution in [0.3, 0.4) is 0 Å². The highest BCUT2D eigenvalue weighted by molar-refractivity contribution is 5.93. The molecule has 4 nitrogen and oxygen atoms in total. The first kappa shape index (κ1) is 11.4. The van der Waals surface area contributed by atoms with Crippen molar-refractivity contribution < 1.29 is 14.3 Å². The van der Waals surface area contributed by atoms with Crippen molar-refractivity contribution in [1.82, 2.24) is 4.90 Å². The van der Waals surface area contributed by atoms with Gasteiger partial charge in [0.05, 0.1) is 5.56 Å². The van der Waals surface area contributed by atoms with Crippen LogP contribution in [0.2, 0.25) is 0 Å². The van der Waals surface area contributed by atoms with Crippen molar-refractivity contribution in [3.05, 3.63) is 35.9 Å². The molecule has 0 N–H and O–H groups in total. The molecule has 3 aliphatic heterocycles. The number of ether oxygens (including phenoxy) is 1. The van der Waals surface area contributed by atoms with Crippen molar-refractivity contribution in [3.8, 4) is 0 Å². The predicted molar refractivity (Wildman–Crippen MR) is 64.9 cm³/mol. The molecule has 0 aliphatic carbocycles. The Morgan fingerprint density at radius 3 is 2.44 bits per heavy atom. The summed E-state index contributed by atoms with van der Waals surface area (Å²) in [5.74, 6) is -0.262. The van der Waals surface area contributed by atoms with Gasteiger partial charge in [0.15, 0.2) is 5.78 Å². The first-order valence-electron chi connectivity index (χ1n) is 6.29.